The molecule has 130 valence electrons. The van der Waals surface area contributed by atoms with Crippen molar-refractivity contribution >= 4 is 5.96 Å². The molecular formula is C22H27N3. The molecule has 0 aromatic heterocycles. The zero-order valence-electron chi connectivity index (χ0n) is 15.2. The molecule has 3 heteroatoms. The van der Waals surface area contributed by atoms with Gasteiger partial charge in [0, 0.05) is 19.1 Å². The Bertz CT molecular complexity index is 725. The first-order chi connectivity index (χ1) is 12.2. The molecule has 0 spiro atoms. The number of nitrogens with zero attached hydrogens (tertiary/aromatic N) is 3. The zero-order valence-corrected chi connectivity index (χ0v) is 15.2. The molecule has 4 rings (SSSR count). The Morgan fingerprint density at radius 3 is 2.24 bits per heavy atom. The highest BCUT2D eigenvalue weighted by atomic mass is 15.5. The van der Waals surface area contributed by atoms with Gasteiger partial charge in [0.25, 0.3) is 0 Å². The van der Waals surface area contributed by atoms with Crippen molar-refractivity contribution < 1.29 is 0 Å². The standard InChI is InChI=1S/C22H27N3/c1-17(19-10-5-3-6-11-19)23-22-24-15-9-14-21(24)16-25(22)18(2)20-12-7-4-8-13-20/h3-8,10-13,17-18,21H,9,14-16H2,1-2H3/b23-22+/t17?,18-,21-/m0/s1. The molecule has 2 aliphatic heterocycles. The molecule has 2 aromatic rings. The van der Waals surface area contributed by atoms with E-state index < -0.39 is 0 Å². The highest BCUT2D eigenvalue weighted by molar-refractivity contribution is 5.83. The van der Waals surface area contributed by atoms with E-state index in [2.05, 4.69) is 84.3 Å². The molecule has 2 fully saturated rings. The number of fused-ring (bicyclic) bond motifs is 1. The summed E-state index contributed by atoms with van der Waals surface area (Å²) < 4.78 is 0. The van der Waals surface area contributed by atoms with Crippen LogP contribution in [0.5, 0.6) is 0 Å². The average molecular weight is 333 g/mol. The van der Waals surface area contributed by atoms with E-state index in [-0.39, 0.29) is 6.04 Å². The summed E-state index contributed by atoms with van der Waals surface area (Å²) in [4.78, 5) is 10.2. The van der Waals surface area contributed by atoms with Crippen molar-refractivity contribution in [3.05, 3.63) is 71.8 Å². The fourth-order valence-electron chi connectivity index (χ4n) is 4.13. The maximum atomic E-state index is 5.19. The average Bonchev–Trinajstić information content (AvgIpc) is 3.25. The van der Waals surface area contributed by atoms with Crippen molar-refractivity contribution in [2.24, 2.45) is 4.99 Å². The number of hydrogen-bond donors (Lipinski definition) is 0. The normalized spacial score (nSPS) is 23.8. The van der Waals surface area contributed by atoms with Crippen LogP contribution in [0, 0.1) is 0 Å². The number of rotatable bonds is 4. The summed E-state index contributed by atoms with van der Waals surface area (Å²) in [5.41, 5.74) is 2.65. The predicted molar refractivity (Wildman–Crippen MR) is 104 cm³/mol. The van der Waals surface area contributed by atoms with Gasteiger partial charge in [0.05, 0.1) is 12.1 Å². The Labute approximate surface area is 151 Å². The second-order valence-electron chi connectivity index (χ2n) is 7.24. The van der Waals surface area contributed by atoms with E-state index in [1.54, 1.807) is 0 Å². The summed E-state index contributed by atoms with van der Waals surface area (Å²) >= 11 is 0. The smallest absolute Gasteiger partial charge is 0.198 e. The van der Waals surface area contributed by atoms with Gasteiger partial charge in [0.15, 0.2) is 5.96 Å². The van der Waals surface area contributed by atoms with Gasteiger partial charge in [-0.3, -0.25) is 0 Å². The van der Waals surface area contributed by atoms with Crippen LogP contribution in [0.25, 0.3) is 0 Å². The zero-order chi connectivity index (χ0) is 17.2. The molecule has 0 amide bonds. The number of aliphatic imine (C=N–C) groups is 1. The van der Waals surface area contributed by atoms with Crippen LogP contribution < -0.4 is 0 Å². The number of hydrogen-bond acceptors (Lipinski definition) is 1. The van der Waals surface area contributed by atoms with Crippen LogP contribution >= 0.6 is 0 Å². The second-order valence-corrected chi connectivity index (χ2v) is 7.24. The summed E-state index contributed by atoms with van der Waals surface area (Å²) in [6, 6.07) is 22.6. The van der Waals surface area contributed by atoms with Crippen LogP contribution in [0.3, 0.4) is 0 Å². The van der Waals surface area contributed by atoms with Crippen LogP contribution in [0.15, 0.2) is 65.7 Å². The van der Waals surface area contributed by atoms with Crippen molar-refractivity contribution in [3.63, 3.8) is 0 Å². The molecule has 0 bridgehead atoms. The van der Waals surface area contributed by atoms with E-state index in [9.17, 15) is 0 Å². The van der Waals surface area contributed by atoms with Gasteiger partial charge in [-0.1, -0.05) is 60.7 Å². The number of benzene rings is 2. The van der Waals surface area contributed by atoms with Crippen LogP contribution in [0.1, 0.15) is 49.9 Å². The minimum absolute atomic E-state index is 0.182. The first-order valence-corrected chi connectivity index (χ1v) is 9.45. The van der Waals surface area contributed by atoms with Gasteiger partial charge in [-0.05, 0) is 37.8 Å². The third kappa shape index (κ3) is 3.15. The van der Waals surface area contributed by atoms with E-state index in [0.29, 0.717) is 12.1 Å². The molecule has 2 saturated heterocycles. The van der Waals surface area contributed by atoms with E-state index in [1.165, 1.54) is 29.9 Å². The van der Waals surface area contributed by atoms with E-state index >= 15 is 0 Å². The van der Waals surface area contributed by atoms with Gasteiger partial charge < -0.3 is 9.80 Å². The predicted octanol–water partition coefficient (Wildman–Crippen LogP) is 4.64. The third-order valence-electron chi connectivity index (χ3n) is 5.64. The number of guanidine groups is 1. The van der Waals surface area contributed by atoms with Gasteiger partial charge in [-0.2, -0.15) is 0 Å². The molecule has 25 heavy (non-hydrogen) atoms. The molecule has 0 radical (unpaired) electrons. The van der Waals surface area contributed by atoms with Crippen molar-refractivity contribution in [2.75, 3.05) is 13.1 Å². The van der Waals surface area contributed by atoms with Crippen LogP contribution in [-0.2, 0) is 0 Å². The molecule has 2 heterocycles. The molecular weight excluding hydrogens is 306 g/mol. The Hall–Kier alpha value is -2.29. The van der Waals surface area contributed by atoms with Gasteiger partial charge >= 0.3 is 0 Å². The quantitative estimate of drug-likeness (QED) is 0.811. The first-order valence-electron chi connectivity index (χ1n) is 9.45. The van der Waals surface area contributed by atoms with Crippen molar-refractivity contribution in [3.8, 4) is 0 Å². The molecule has 2 aliphatic rings. The topological polar surface area (TPSA) is 18.8 Å². The summed E-state index contributed by atoms with van der Waals surface area (Å²) in [6.45, 7) is 6.75. The maximum Gasteiger partial charge on any atom is 0.198 e. The van der Waals surface area contributed by atoms with Gasteiger partial charge in [-0.25, -0.2) is 4.99 Å². The molecule has 0 saturated carbocycles. The van der Waals surface area contributed by atoms with Crippen LogP contribution in [0.2, 0.25) is 0 Å². The van der Waals surface area contributed by atoms with Crippen LogP contribution in [0.4, 0.5) is 0 Å². The molecule has 3 nitrogen and oxygen atoms in total. The highest BCUT2D eigenvalue weighted by Gasteiger charge is 2.40. The minimum atomic E-state index is 0.182. The van der Waals surface area contributed by atoms with Crippen LogP contribution in [-0.4, -0.2) is 34.9 Å². The van der Waals surface area contributed by atoms with Gasteiger partial charge in [0.2, 0.25) is 0 Å². The molecule has 0 aliphatic carbocycles. The Morgan fingerprint density at radius 2 is 1.56 bits per heavy atom. The molecule has 1 unspecified atom stereocenters. The van der Waals surface area contributed by atoms with Crippen molar-refractivity contribution in [1.82, 2.24) is 9.80 Å². The molecule has 0 N–H and O–H groups in total. The second kappa shape index (κ2) is 6.91. The Morgan fingerprint density at radius 1 is 0.920 bits per heavy atom. The SMILES string of the molecule is CC(/N=C1\N2CCC[C@H]2CN1[C@@H](C)c1ccccc1)c1ccccc1. The van der Waals surface area contributed by atoms with E-state index in [0.717, 1.165) is 13.1 Å². The lowest BCUT2D eigenvalue weighted by Gasteiger charge is -2.29. The van der Waals surface area contributed by atoms with Crippen molar-refractivity contribution in [1.29, 1.82) is 0 Å². The monoisotopic (exact) mass is 333 g/mol. The lowest BCUT2D eigenvalue weighted by atomic mass is 10.1. The summed E-state index contributed by atoms with van der Waals surface area (Å²) in [7, 11) is 0. The maximum absolute atomic E-state index is 5.19. The fourth-order valence-corrected chi connectivity index (χ4v) is 4.13. The van der Waals surface area contributed by atoms with Gasteiger partial charge in [0.1, 0.15) is 0 Å². The summed E-state index contributed by atoms with van der Waals surface area (Å²) in [6.07, 6.45) is 2.58. The lowest BCUT2D eigenvalue weighted by molar-refractivity contribution is 0.345. The third-order valence-corrected chi connectivity index (χ3v) is 5.64. The Kier molecular flexibility index (Phi) is 4.48. The Balaban J connectivity index is 1.65. The van der Waals surface area contributed by atoms with E-state index in [1.807, 2.05) is 0 Å². The molecule has 3 atom stereocenters. The molecule has 2 aromatic carbocycles. The summed E-state index contributed by atoms with van der Waals surface area (Å²) in [5.74, 6) is 1.19. The summed E-state index contributed by atoms with van der Waals surface area (Å²) in [5, 5.41) is 0. The van der Waals surface area contributed by atoms with Gasteiger partial charge in [-0.15, -0.1) is 0 Å². The largest absolute Gasteiger partial charge is 0.338 e. The first kappa shape index (κ1) is 16.2. The van der Waals surface area contributed by atoms with Crippen molar-refractivity contribution in [2.45, 2.75) is 44.8 Å². The minimum Gasteiger partial charge on any atom is -0.338 e. The van der Waals surface area contributed by atoms with E-state index in [4.69, 9.17) is 4.99 Å². The lowest BCUT2D eigenvalue weighted by Crippen LogP contribution is -2.35. The fraction of sp³-hybridized carbons (Fsp3) is 0.409. The highest BCUT2D eigenvalue weighted by Crippen LogP contribution is 2.34.